The second kappa shape index (κ2) is 8.10. The summed E-state index contributed by atoms with van der Waals surface area (Å²) in [4.78, 5) is 15.2. The van der Waals surface area contributed by atoms with Gasteiger partial charge in [-0.2, -0.15) is 0 Å². The average Bonchev–Trinajstić information content (AvgIpc) is 3.41. The Morgan fingerprint density at radius 1 is 1.11 bits per heavy atom. The van der Waals surface area contributed by atoms with E-state index in [1.54, 1.807) is 7.11 Å². The molecule has 1 fully saturated rings. The topological polar surface area (TPSA) is 55.3 Å². The zero-order valence-corrected chi connectivity index (χ0v) is 16.9. The minimum absolute atomic E-state index is 0.00744. The summed E-state index contributed by atoms with van der Waals surface area (Å²) in [6.07, 6.45) is 4.31. The van der Waals surface area contributed by atoms with Crippen LogP contribution in [0.2, 0.25) is 0 Å². The first-order valence-electron chi connectivity index (χ1n) is 9.54. The normalized spacial score (nSPS) is 14.2. The lowest BCUT2D eigenvalue weighted by Gasteiger charge is -2.26. The van der Waals surface area contributed by atoms with E-state index in [1.807, 2.05) is 60.4 Å². The number of amides is 1. The maximum atomic E-state index is 13.4. The van der Waals surface area contributed by atoms with Gasteiger partial charge in [0.15, 0.2) is 0 Å². The molecule has 0 saturated heterocycles. The lowest BCUT2D eigenvalue weighted by molar-refractivity contribution is 0.0976. The Morgan fingerprint density at radius 2 is 1.86 bits per heavy atom. The summed E-state index contributed by atoms with van der Waals surface area (Å²) in [6.45, 7) is 2.00. The predicted molar refractivity (Wildman–Crippen MR) is 112 cm³/mol. The number of aromatic nitrogens is 2. The van der Waals surface area contributed by atoms with Gasteiger partial charge in [-0.3, -0.25) is 9.69 Å². The van der Waals surface area contributed by atoms with Crippen LogP contribution in [0.15, 0.2) is 48.5 Å². The molecule has 0 unspecified atom stereocenters. The Labute approximate surface area is 169 Å². The Bertz CT molecular complexity index is 962. The van der Waals surface area contributed by atoms with Crippen molar-refractivity contribution in [3.63, 3.8) is 0 Å². The summed E-state index contributed by atoms with van der Waals surface area (Å²) >= 11 is 1.46. The van der Waals surface area contributed by atoms with Gasteiger partial charge in [0.05, 0.1) is 7.11 Å². The Kier molecular flexibility index (Phi) is 5.39. The summed E-state index contributed by atoms with van der Waals surface area (Å²) in [6, 6.07) is 15.7. The number of carbonyl (C=O) groups is 1. The maximum absolute atomic E-state index is 13.4. The number of carbonyl (C=O) groups excluding carboxylic acids is 1. The molecule has 28 heavy (non-hydrogen) atoms. The van der Waals surface area contributed by atoms with Crippen molar-refractivity contribution < 1.29 is 9.53 Å². The third-order valence-corrected chi connectivity index (χ3v) is 6.10. The predicted octanol–water partition coefficient (Wildman–Crippen LogP) is 5.11. The zero-order valence-electron chi connectivity index (χ0n) is 16.1. The fraction of sp³-hybridized carbons (Fsp3) is 0.318. The van der Waals surface area contributed by atoms with E-state index in [-0.39, 0.29) is 11.9 Å². The van der Waals surface area contributed by atoms with Gasteiger partial charge in [-0.15, -0.1) is 10.2 Å². The molecule has 0 atom stereocenters. The maximum Gasteiger partial charge on any atom is 0.260 e. The molecule has 6 heteroatoms. The molecular formula is C22H23N3O2S. The molecule has 1 heterocycles. The van der Waals surface area contributed by atoms with Crippen LogP contribution < -0.4 is 9.64 Å². The van der Waals surface area contributed by atoms with Gasteiger partial charge in [0, 0.05) is 17.2 Å². The lowest BCUT2D eigenvalue weighted by Crippen LogP contribution is -2.39. The van der Waals surface area contributed by atoms with Crippen molar-refractivity contribution >= 4 is 22.4 Å². The zero-order chi connectivity index (χ0) is 19.5. The second-order valence-corrected chi connectivity index (χ2v) is 8.06. The van der Waals surface area contributed by atoms with Gasteiger partial charge in [0.25, 0.3) is 5.91 Å². The minimum atomic E-state index is 0.00744. The number of benzene rings is 2. The van der Waals surface area contributed by atoms with Crippen LogP contribution in [-0.4, -0.2) is 29.3 Å². The van der Waals surface area contributed by atoms with E-state index in [1.165, 1.54) is 11.3 Å². The molecule has 0 spiro atoms. The first-order chi connectivity index (χ1) is 13.7. The highest BCUT2D eigenvalue weighted by atomic mass is 32.1. The molecule has 5 nitrogen and oxygen atoms in total. The quantitative estimate of drug-likeness (QED) is 0.604. The van der Waals surface area contributed by atoms with Crippen LogP contribution in [0.25, 0.3) is 10.6 Å². The molecule has 1 amide bonds. The van der Waals surface area contributed by atoms with E-state index in [2.05, 4.69) is 10.2 Å². The van der Waals surface area contributed by atoms with Crippen molar-refractivity contribution in [2.75, 3.05) is 12.0 Å². The molecule has 1 saturated carbocycles. The summed E-state index contributed by atoms with van der Waals surface area (Å²) in [7, 11) is 1.65. The minimum Gasteiger partial charge on any atom is -0.497 e. The van der Waals surface area contributed by atoms with Crippen LogP contribution in [0.1, 0.15) is 41.6 Å². The van der Waals surface area contributed by atoms with Gasteiger partial charge in [-0.05, 0) is 56.2 Å². The fourth-order valence-electron chi connectivity index (χ4n) is 3.65. The molecule has 0 bridgehead atoms. The molecule has 1 aromatic heterocycles. The monoisotopic (exact) mass is 393 g/mol. The summed E-state index contributed by atoms with van der Waals surface area (Å²) in [5.41, 5.74) is 2.75. The van der Waals surface area contributed by atoms with Gasteiger partial charge in [-0.1, -0.05) is 41.9 Å². The van der Waals surface area contributed by atoms with Gasteiger partial charge >= 0.3 is 0 Å². The van der Waals surface area contributed by atoms with Crippen molar-refractivity contribution in [1.29, 1.82) is 0 Å². The number of methoxy groups -OCH3 is 1. The summed E-state index contributed by atoms with van der Waals surface area (Å²) in [5.74, 6) is 0.809. The first-order valence-corrected chi connectivity index (χ1v) is 10.4. The van der Waals surface area contributed by atoms with E-state index in [9.17, 15) is 4.79 Å². The highest BCUT2D eigenvalue weighted by Crippen LogP contribution is 2.35. The Hall–Kier alpha value is -2.73. The van der Waals surface area contributed by atoms with Crippen LogP contribution in [0.5, 0.6) is 5.75 Å². The number of nitrogens with zero attached hydrogens (tertiary/aromatic N) is 3. The Balaban J connectivity index is 1.67. The van der Waals surface area contributed by atoms with Crippen LogP contribution in [0, 0.1) is 6.92 Å². The molecule has 0 radical (unpaired) electrons. The van der Waals surface area contributed by atoms with Crippen molar-refractivity contribution in [2.45, 2.75) is 38.6 Å². The molecule has 3 aromatic rings. The van der Waals surface area contributed by atoms with E-state index in [0.29, 0.717) is 10.7 Å². The van der Waals surface area contributed by atoms with Gasteiger partial charge < -0.3 is 4.74 Å². The standard InChI is InChI=1S/C22H23N3O2S/c1-15-6-5-7-17(14-15)21(26)25(18-8-3-4-9-18)22-24-23-20(28-22)16-10-12-19(27-2)13-11-16/h5-7,10-14,18H,3-4,8-9H2,1-2H3. The van der Waals surface area contributed by atoms with E-state index >= 15 is 0 Å². The van der Waals surface area contributed by atoms with Crippen LogP contribution in [0.3, 0.4) is 0 Å². The molecule has 4 rings (SSSR count). The summed E-state index contributed by atoms with van der Waals surface area (Å²) in [5, 5.41) is 10.2. The van der Waals surface area contributed by atoms with E-state index in [4.69, 9.17) is 4.74 Å². The van der Waals surface area contributed by atoms with Crippen LogP contribution in [-0.2, 0) is 0 Å². The van der Waals surface area contributed by atoms with E-state index in [0.717, 1.165) is 47.6 Å². The molecule has 2 aromatic carbocycles. The molecule has 0 N–H and O–H groups in total. The SMILES string of the molecule is COc1ccc(-c2nnc(N(C(=O)c3cccc(C)c3)C3CCCC3)s2)cc1. The van der Waals surface area contributed by atoms with Crippen molar-refractivity contribution in [2.24, 2.45) is 0 Å². The number of aryl methyl sites for hydroxylation is 1. The number of hydrogen-bond acceptors (Lipinski definition) is 5. The molecule has 0 aliphatic heterocycles. The Morgan fingerprint density at radius 3 is 2.54 bits per heavy atom. The van der Waals surface area contributed by atoms with Gasteiger partial charge in [0.1, 0.15) is 10.8 Å². The third kappa shape index (κ3) is 3.78. The number of ether oxygens (including phenoxy) is 1. The van der Waals surface area contributed by atoms with Crippen molar-refractivity contribution in [3.05, 3.63) is 59.7 Å². The molecule has 144 valence electrons. The third-order valence-electron chi connectivity index (χ3n) is 5.13. The lowest BCUT2D eigenvalue weighted by atomic mass is 10.1. The largest absolute Gasteiger partial charge is 0.497 e. The molecule has 1 aliphatic carbocycles. The highest BCUT2D eigenvalue weighted by molar-refractivity contribution is 7.18. The van der Waals surface area contributed by atoms with Crippen molar-refractivity contribution in [3.8, 4) is 16.3 Å². The van der Waals surface area contributed by atoms with Crippen LogP contribution >= 0.6 is 11.3 Å². The molecular weight excluding hydrogens is 370 g/mol. The van der Waals surface area contributed by atoms with Crippen molar-refractivity contribution in [1.82, 2.24) is 10.2 Å². The van der Waals surface area contributed by atoms with Crippen LogP contribution in [0.4, 0.5) is 5.13 Å². The van der Waals surface area contributed by atoms with E-state index < -0.39 is 0 Å². The van der Waals surface area contributed by atoms with Gasteiger partial charge in [0.2, 0.25) is 5.13 Å². The summed E-state index contributed by atoms with van der Waals surface area (Å²) < 4.78 is 5.22. The number of anilines is 1. The molecule has 1 aliphatic rings. The number of rotatable bonds is 5. The average molecular weight is 394 g/mol. The van der Waals surface area contributed by atoms with Gasteiger partial charge in [-0.25, -0.2) is 0 Å². The number of hydrogen-bond donors (Lipinski definition) is 0. The second-order valence-electron chi connectivity index (χ2n) is 7.10. The fourth-order valence-corrected chi connectivity index (χ4v) is 4.57. The first kappa shape index (κ1) is 18.6. The highest BCUT2D eigenvalue weighted by Gasteiger charge is 2.31. The smallest absolute Gasteiger partial charge is 0.260 e.